The van der Waals surface area contributed by atoms with Crippen molar-refractivity contribution < 1.29 is 27.8 Å². The van der Waals surface area contributed by atoms with Crippen LogP contribution in [0.1, 0.15) is 50.3 Å². The highest BCUT2D eigenvalue weighted by Crippen LogP contribution is 2.39. The van der Waals surface area contributed by atoms with Gasteiger partial charge >= 0.3 is 12.3 Å². The van der Waals surface area contributed by atoms with E-state index in [-0.39, 0.29) is 22.1 Å². The molecular weight excluding hydrogens is 469 g/mol. The zero-order chi connectivity index (χ0) is 25.3. The number of thioether (sulfide) groups is 1. The van der Waals surface area contributed by atoms with Gasteiger partial charge < -0.3 is 14.7 Å². The third-order valence-electron chi connectivity index (χ3n) is 5.19. The van der Waals surface area contributed by atoms with Gasteiger partial charge in [-0.05, 0) is 64.3 Å². The summed E-state index contributed by atoms with van der Waals surface area (Å²) in [6.07, 6.45) is -3.42. The molecule has 0 saturated carbocycles. The Kier molecular flexibility index (Phi) is 7.31. The number of ether oxygens (including phenoxy) is 1. The number of nitrogens with zero attached hydrogens (tertiary/aromatic N) is 4. The number of hydrogen-bond donors (Lipinski definition) is 1. The number of alkyl halides is 3. The predicted octanol–water partition coefficient (Wildman–Crippen LogP) is 5.54. The van der Waals surface area contributed by atoms with Crippen LogP contribution in [0.25, 0.3) is 11.3 Å². The summed E-state index contributed by atoms with van der Waals surface area (Å²) in [6.45, 7) is 8.01. The van der Waals surface area contributed by atoms with Gasteiger partial charge in [-0.2, -0.15) is 18.4 Å². The number of piperidine rings is 1. The highest BCUT2D eigenvalue weighted by molar-refractivity contribution is 8.00. The summed E-state index contributed by atoms with van der Waals surface area (Å²) >= 11 is 1.33. The molecule has 1 aromatic carbocycles. The second kappa shape index (κ2) is 9.70. The SMILES string of the molecule is Cc1c(-c2ccc(C(F)(F)F)cc2O)nnc(S[C@@H]2CCCN(C(=O)OC(C)(C)C)C2)c1C#N. The topological polar surface area (TPSA) is 99.3 Å². The number of hydrogen-bond acceptors (Lipinski definition) is 7. The van der Waals surface area contributed by atoms with Crippen molar-refractivity contribution >= 4 is 17.9 Å². The number of nitriles is 1. The molecule has 1 aliphatic heterocycles. The van der Waals surface area contributed by atoms with Crippen molar-refractivity contribution in [3.8, 4) is 23.1 Å². The summed E-state index contributed by atoms with van der Waals surface area (Å²) in [7, 11) is 0. The minimum atomic E-state index is -4.60. The Labute approximate surface area is 199 Å². The van der Waals surface area contributed by atoms with Crippen LogP contribution in [-0.4, -0.2) is 50.2 Å². The van der Waals surface area contributed by atoms with E-state index in [1.165, 1.54) is 11.8 Å². The average molecular weight is 495 g/mol. The quantitative estimate of drug-likeness (QED) is 0.598. The Balaban J connectivity index is 1.83. The van der Waals surface area contributed by atoms with Crippen LogP contribution in [0.15, 0.2) is 23.2 Å². The van der Waals surface area contributed by atoms with Crippen LogP contribution in [0.5, 0.6) is 5.75 Å². The van der Waals surface area contributed by atoms with Crippen LogP contribution in [0.4, 0.5) is 18.0 Å². The molecule has 1 fully saturated rings. The highest BCUT2D eigenvalue weighted by atomic mass is 32.2. The van der Waals surface area contributed by atoms with Gasteiger partial charge in [0, 0.05) is 23.9 Å². The van der Waals surface area contributed by atoms with Crippen molar-refractivity contribution in [2.75, 3.05) is 13.1 Å². The number of halogens is 3. The maximum atomic E-state index is 12.9. The van der Waals surface area contributed by atoms with E-state index < -0.39 is 29.2 Å². The van der Waals surface area contributed by atoms with Gasteiger partial charge in [-0.1, -0.05) is 11.8 Å². The smallest absolute Gasteiger partial charge is 0.416 e. The van der Waals surface area contributed by atoms with Crippen molar-refractivity contribution in [2.45, 2.75) is 62.6 Å². The first kappa shape index (κ1) is 25.6. The van der Waals surface area contributed by atoms with Crippen LogP contribution >= 0.6 is 11.8 Å². The lowest BCUT2D eigenvalue weighted by Crippen LogP contribution is -2.43. The fourth-order valence-electron chi connectivity index (χ4n) is 3.56. The largest absolute Gasteiger partial charge is 0.507 e. The number of likely N-dealkylation sites (tertiary alicyclic amines) is 1. The first-order chi connectivity index (χ1) is 15.8. The molecule has 2 aromatic rings. The summed E-state index contributed by atoms with van der Waals surface area (Å²) in [5, 5.41) is 28.5. The van der Waals surface area contributed by atoms with Crippen LogP contribution in [0, 0.1) is 18.3 Å². The van der Waals surface area contributed by atoms with E-state index in [1.807, 2.05) is 0 Å². The molecule has 1 amide bonds. The lowest BCUT2D eigenvalue weighted by atomic mass is 10.0. The monoisotopic (exact) mass is 494 g/mol. The molecule has 182 valence electrons. The fourth-order valence-corrected chi connectivity index (χ4v) is 4.82. The molecule has 7 nitrogen and oxygen atoms in total. The molecule has 3 rings (SSSR count). The van der Waals surface area contributed by atoms with E-state index in [4.69, 9.17) is 4.74 Å². The Hall–Kier alpha value is -3.00. The number of aromatic hydroxyl groups is 1. The number of phenols is 1. The zero-order valence-electron chi connectivity index (χ0n) is 19.2. The number of phenolic OH excluding ortho intramolecular Hbond substituents is 1. The summed E-state index contributed by atoms with van der Waals surface area (Å²) in [4.78, 5) is 14.1. The summed E-state index contributed by atoms with van der Waals surface area (Å²) in [6, 6.07) is 4.68. The van der Waals surface area contributed by atoms with E-state index >= 15 is 0 Å². The normalized spacial score (nSPS) is 16.8. The molecule has 1 saturated heterocycles. The fraction of sp³-hybridized carbons (Fsp3) is 0.478. The van der Waals surface area contributed by atoms with E-state index in [1.54, 1.807) is 32.6 Å². The third-order valence-corrected chi connectivity index (χ3v) is 6.41. The molecule has 1 aromatic heterocycles. The van der Waals surface area contributed by atoms with E-state index in [0.29, 0.717) is 29.7 Å². The number of benzene rings is 1. The molecular formula is C23H25F3N4O3S. The Morgan fingerprint density at radius 3 is 2.59 bits per heavy atom. The Bertz CT molecular complexity index is 1130. The zero-order valence-corrected chi connectivity index (χ0v) is 20.0. The van der Waals surface area contributed by atoms with Gasteiger partial charge in [0.1, 0.15) is 28.1 Å². The van der Waals surface area contributed by atoms with Gasteiger partial charge in [0.2, 0.25) is 0 Å². The van der Waals surface area contributed by atoms with Crippen molar-refractivity contribution in [3.63, 3.8) is 0 Å². The summed E-state index contributed by atoms with van der Waals surface area (Å²) < 4.78 is 44.2. The van der Waals surface area contributed by atoms with Gasteiger partial charge in [-0.25, -0.2) is 4.79 Å². The molecule has 0 aliphatic carbocycles. The van der Waals surface area contributed by atoms with Gasteiger partial charge in [0.15, 0.2) is 0 Å². The van der Waals surface area contributed by atoms with E-state index in [2.05, 4.69) is 16.3 Å². The minimum absolute atomic E-state index is 0.0348. The first-order valence-corrected chi connectivity index (χ1v) is 11.5. The number of carbonyl (C=O) groups is 1. The molecule has 1 aliphatic rings. The number of aromatic nitrogens is 2. The van der Waals surface area contributed by atoms with Crippen molar-refractivity contribution in [2.24, 2.45) is 0 Å². The molecule has 1 atom stereocenters. The third kappa shape index (κ3) is 5.91. The van der Waals surface area contributed by atoms with Crippen molar-refractivity contribution in [3.05, 3.63) is 34.9 Å². The maximum absolute atomic E-state index is 12.9. The Morgan fingerprint density at radius 1 is 1.29 bits per heavy atom. The van der Waals surface area contributed by atoms with Crippen LogP contribution in [-0.2, 0) is 10.9 Å². The average Bonchev–Trinajstić information content (AvgIpc) is 2.73. The van der Waals surface area contributed by atoms with Gasteiger partial charge in [0.05, 0.1) is 11.1 Å². The van der Waals surface area contributed by atoms with Crippen molar-refractivity contribution in [1.29, 1.82) is 5.26 Å². The van der Waals surface area contributed by atoms with Crippen LogP contribution < -0.4 is 0 Å². The summed E-state index contributed by atoms with van der Waals surface area (Å²) in [5.41, 5.74) is -0.781. The van der Waals surface area contributed by atoms with Crippen LogP contribution in [0.3, 0.4) is 0 Å². The van der Waals surface area contributed by atoms with E-state index in [0.717, 1.165) is 25.0 Å². The van der Waals surface area contributed by atoms with Gasteiger partial charge in [-0.3, -0.25) is 0 Å². The number of rotatable bonds is 3. The molecule has 0 spiro atoms. The molecule has 2 heterocycles. The summed E-state index contributed by atoms with van der Waals surface area (Å²) in [5.74, 6) is -0.600. The molecule has 0 bridgehead atoms. The maximum Gasteiger partial charge on any atom is 0.416 e. The first-order valence-electron chi connectivity index (χ1n) is 10.6. The number of carbonyl (C=O) groups excluding carboxylic acids is 1. The number of amides is 1. The van der Waals surface area contributed by atoms with Crippen LogP contribution in [0.2, 0.25) is 0 Å². The molecule has 34 heavy (non-hydrogen) atoms. The lowest BCUT2D eigenvalue weighted by Gasteiger charge is -2.33. The van der Waals surface area contributed by atoms with Crippen molar-refractivity contribution in [1.82, 2.24) is 15.1 Å². The molecule has 11 heteroatoms. The molecule has 1 N–H and O–H groups in total. The van der Waals surface area contributed by atoms with E-state index in [9.17, 15) is 28.3 Å². The minimum Gasteiger partial charge on any atom is -0.507 e. The second-order valence-electron chi connectivity index (χ2n) is 9.00. The predicted molar refractivity (Wildman–Crippen MR) is 120 cm³/mol. The highest BCUT2D eigenvalue weighted by Gasteiger charge is 2.32. The molecule has 0 radical (unpaired) electrons. The molecule has 0 unspecified atom stereocenters. The lowest BCUT2D eigenvalue weighted by molar-refractivity contribution is -0.137. The standard InChI is InChI=1S/C23H25F3N4O3S/c1-13-17(11-27)20(34-15-6-5-9-30(12-15)21(32)33-22(2,3)4)29-28-19(13)16-8-7-14(10-18(16)31)23(24,25)26/h7-8,10,15,31H,5-6,9,12H2,1-4H3/t15-/m1/s1. The van der Waals surface area contributed by atoms with Gasteiger partial charge in [0.25, 0.3) is 0 Å². The van der Waals surface area contributed by atoms with Gasteiger partial charge in [-0.15, -0.1) is 10.2 Å². The second-order valence-corrected chi connectivity index (χ2v) is 10.3. The Morgan fingerprint density at radius 2 is 2.00 bits per heavy atom.